The topological polar surface area (TPSA) is 124 Å². The summed E-state index contributed by atoms with van der Waals surface area (Å²) in [6, 6.07) is 1.68. The third-order valence-corrected chi connectivity index (χ3v) is 7.78. The molecule has 4 rings (SSSR count). The van der Waals surface area contributed by atoms with Gasteiger partial charge in [0, 0.05) is 29.5 Å². The highest BCUT2D eigenvalue weighted by atomic mass is 16.7. The van der Waals surface area contributed by atoms with Crippen LogP contribution in [0.5, 0.6) is 17.2 Å². The number of hydrogen-bond donors (Lipinski definition) is 0. The van der Waals surface area contributed by atoms with Gasteiger partial charge >= 0.3 is 17.9 Å². The predicted molar refractivity (Wildman–Crippen MR) is 133 cm³/mol. The molecule has 4 atom stereocenters. The van der Waals surface area contributed by atoms with Crippen LogP contribution in [0.1, 0.15) is 70.1 Å². The Morgan fingerprint density at radius 1 is 1.05 bits per heavy atom. The predicted octanol–water partition coefficient (Wildman–Crippen LogP) is 3.73. The minimum Gasteiger partial charge on any atom is -0.487 e. The van der Waals surface area contributed by atoms with Crippen molar-refractivity contribution in [2.24, 2.45) is 11.8 Å². The van der Waals surface area contributed by atoms with Crippen molar-refractivity contribution in [2.45, 2.75) is 64.4 Å². The van der Waals surface area contributed by atoms with E-state index in [-0.39, 0.29) is 55.5 Å². The molecule has 1 aromatic rings. The molecule has 0 amide bonds. The Morgan fingerprint density at radius 2 is 1.82 bits per heavy atom. The second kappa shape index (κ2) is 11.0. The van der Waals surface area contributed by atoms with Crippen LogP contribution >= 0.6 is 0 Å². The molecule has 1 aromatic carbocycles. The van der Waals surface area contributed by atoms with E-state index in [1.54, 1.807) is 6.07 Å². The molecule has 0 radical (unpaired) electrons. The first-order valence-corrected chi connectivity index (χ1v) is 12.9. The Kier molecular flexibility index (Phi) is 7.99. The van der Waals surface area contributed by atoms with Gasteiger partial charge in [0.05, 0.1) is 14.2 Å². The van der Waals surface area contributed by atoms with Gasteiger partial charge in [0.2, 0.25) is 12.5 Å². The second-order valence-electron chi connectivity index (χ2n) is 10.0. The quantitative estimate of drug-likeness (QED) is 0.161. The largest absolute Gasteiger partial charge is 0.487 e. The molecule has 0 unspecified atom stereocenters. The number of rotatable bonds is 8. The Morgan fingerprint density at radius 3 is 2.50 bits per heavy atom. The van der Waals surface area contributed by atoms with E-state index >= 15 is 0 Å². The van der Waals surface area contributed by atoms with Crippen molar-refractivity contribution in [3.63, 3.8) is 0 Å². The van der Waals surface area contributed by atoms with Crippen LogP contribution in [0.15, 0.2) is 17.7 Å². The van der Waals surface area contributed by atoms with Crippen LogP contribution in [0, 0.1) is 11.8 Å². The van der Waals surface area contributed by atoms with Crippen molar-refractivity contribution in [1.82, 2.24) is 0 Å². The van der Waals surface area contributed by atoms with Gasteiger partial charge in [-0.2, -0.15) is 0 Å². The minimum atomic E-state index is -1.71. The number of carbonyl (C=O) groups excluding carboxylic acids is 4. The molecule has 0 bridgehead atoms. The second-order valence-corrected chi connectivity index (χ2v) is 10.0. The SMILES string of the molecule is CCCCCC(=O)O[C@@H]1c2cc3c(c4c2[C@@](C(=O)C(=O)OC)(CO4)C(=CC(=O)OC)C[C@H](C)[C@H]1C)OCO3. The third-order valence-electron chi connectivity index (χ3n) is 7.78. The fourth-order valence-corrected chi connectivity index (χ4v) is 5.49. The van der Waals surface area contributed by atoms with Gasteiger partial charge in [-0.25, -0.2) is 9.59 Å². The van der Waals surface area contributed by atoms with Gasteiger partial charge in [0.1, 0.15) is 18.1 Å². The zero-order valence-electron chi connectivity index (χ0n) is 22.4. The molecule has 2 heterocycles. The lowest BCUT2D eigenvalue weighted by atomic mass is 9.63. The Hall–Kier alpha value is -3.56. The number of methoxy groups -OCH3 is 2. The monoisotopic (exact) mass is 530 g/mol. The first-order chi connectivity index (χ1) is 18.2. The van der Waals surface area contributed by atoms with Gasteiger partial charge in [-0.15, -0.1) is 0 Å². The summed E-state index contributed by atoms with van der Waals surface area (Å²) in [4.78, 5) is 52.1. The lowest BCUT2D eigenvalue weighted by Crippen LogP contribution is -2.47. The number of benzene rings is 1. The zero-order chi connectivity index (χ0) is 27.6. The molecule has 0 saturated carbocycles. The highest BCUT2D eigenvalue weighted by molar-refractivity contribution is 6.38. The number of hydrogen-bond acceptors (Lipinski definition) is 10. The van der Waals surface area contributed by atoms with Gasteiger partial charge in [-0.3, -0.25) is 9.59 Å². The molecule has 38 heavy (non-hydrogen) atoms. The summed E-state index contributed by atoms with van der Waals surface area (Å²) in [5.74, 6) is -2.54. The number of ether oxygens (including phenoxy) is 6. The molecular formula is C28H34O10. The van der Waals surface area contributed by atoms with E-state index in [9.17, 15) is 19.2 Å². The van der Waals surface area contributed by atoms with Gasteiger partial charge in [-0.1, -0.05) is 33.6 Å². The van der Waals surface area contributed by atoms with E-state index in [0.29, 0.717) is 28.9 Å². The van der Waals surface area contributed by atoms with Crippen LogP contribution in [0.3, 0.4) is 0 Å². The van der Waals surface area contributed by atoms with Crippen LogP contribution < -0.4 is 14.2 Å². The van der Waals surface area contributed by atoms with Crippen LogP contribution in [0.4, 0.5) is 0 Å². The maximum Gasteiger partial charge on any atom is 0.375 e. The summed E-state index contributed by atoms with van der Waals surface area (Å²) in [6.45, 7) is 5.61. The molecule has 10 heteroatoms. The molecule has 10 nitrogen and oxygen atoms in total. The van der Waals surface area contributed by atoms with Gasteiger partial charge in [0.25, 0.3) is 5.78 Å². The summed E-state index contributed by atoms with van der Waals surface area (Å²) in [5, 5.41) is 0. The van der Waals surface area contributed by atoms with E-state index < -0.39 is 29.2 Å². The highest BCUT2D eigenvalue weighted by Gasteiger charge is 2.58. The van der Waals surface area contributed by atoms with Crippen molar-refractivity contribution in [2.75, 3.05) is 27.6 Å². The first kappa shape index (κ1) is 27.5. The average molecular weight is 531 g/mol. The first-order valence-electron chi connectivity index (χ1n) is 12.9. The fourth-order valence-electron chi connectivity index (χ4n) is 5.49. The molecular weight excluding hydrogens is 496 g/mol. The van der Waals surface area contributed by atoms with Crippen LogP contribution in [0.25, 0.3) is 0 Å². The number of unbranched alkanes of at least 4 members (excludes halogenated alkanes) is 2. The summed E-state index contributed by atoms with van der Waals surface area (Å²) in [6.07, 6.45) is 3.53. The maximum absolute atomic E-state index is 13.9. The van der Waals surface area contributed by atoms with Crippen molar-refractivity contribution in [3.8, 4) is 17.2 Å². The van der Waals surface area contributed by atoms with Crippen molar-refractivity contribution in [1.29, 1.82) is 0 Å². The fraction of sp³-hybridized carbons (Fsp3) is 0.571. The standard InChI is InChI=1S/C28H34O10/c1-6-7-8-9-20(29)38-23-16(3)15(2)10-17(11-21(30)33-4)28(26(31)27(32)34-5)13-35-25-22(28)18(23)12-19-24(25)37-14-36-19/h11-12,15-16,23H,6-10,13-14H2,1-5H3/t15-,16+,23-,28+/m0/s1. The van der Waals surface area contributed by atoms with E-state index in [2.05, 4.69) is 6.92 Å². The zero-order valence-corrected chi connectivity index (χ0v) is 22.4. The molecule has 0 N–H and O–H groups in total. The lowest BCUT2D eigenvalue weighted by molar-refractivity contribution is -0.155. The minimum absolute atomic E-state index is 0.0647. The Balaban J connectivity index is 1.98. The van der Waals surface area contributed by atoms with E-state index in [0.717, 1.165) is 20.0 Å². The molecule has 0 aromatic heterocycles. The molecule has 1 aliphatic carbocycles. The van der Waals surface area contributed by atoms with Crippen molar-refractivity contribution >= 4 is 23.7 Å². The lowest BCUT2D eigenvalue weighted by Gasteiger charge is -2.39. The smallest absolute Gasteiger partial charge is 0.375 e. The van der Waals surface area contributed by atoms with Gasteiger partial charge < -0.3 is 28.4 Å². The van der Waals surface area contributed by atoms with Crippen molar-refractivity contribution < 1.29 is 47.6 Å². The normalized spacial score (nSPS) is 26.0. The van der Waals surface area contributed by atoms with Gasteiger partial charge in [0.15, 0.2) is 11.5 Å². The molecule has 0 fully saturated rings. The van der Waals surface area contributed by atoms with Crippen LogP contribution in [-0.4, -0.2) is 51.3 Å². The molecule has 0 spiro atoms. The number of ketones is 1. The van der Waals surface area contributed by atoms with E-state index in [1.165, 1.54) is 13.2 Å². The number of esters is 3. The van der Waals surface area contributed by atoms with Crippen LogP contribution in [0.2, 0.25) is 0 Å². The summed E-state index contributed by atoms with van der Waals surface area (Å²) < 4.78 is 33.2. The van der Waals surface area contributed by atoms with Crippen molar-refractivity contribution in [3.05, 3.63) is 28.8 Å². The van der Waals surface area contributed by atoms with Crippen LogP contribution in [-0.2, 0) is 38.8 Å². The highest BCUT2D eigenvalue weighted by Crippen LogP contribution is 2.59. The molecule has 0 saturated heterocycles. The number of carbonyl (C=O) groups is 4. The number of fused-ring (bicyclic) bond motifs is 2. The third kappa shape index (κ3) is 4.61. The molecule has 3 aliphatic rings. The summed E-state index contributed by atoms with van der Waals surface area (Å²) >= 11 is 0. The average Bonchev–Trinajstić information content (AvgIpc) is 3.54. The molecule has 206 valence electrons. The Labute approximate surface area is 221 Å². The summed E-state index contributed by atoms with van der Waals surface area (Å²) in [7, 11) is 2.35. The number of Topliss-reactive ketones (excluding diaryl/α,β-unsaturated/α-hetero) is 1. The van der Waals surface area contributed by atoms with E-state index in [4.69, 9.17) is 28.4 Å². The van der Waals surface area contributed by atoms with Gasteiger partial charge in [-0.05, 0) is 30.4 Å². The van der Waals surface area contributed by atoms with E-state index in [1.807, 2.05) is 13.8 Å². The summed E-state index contributed by atoms with van der Waals surface area (Å²) in [5.41, 5.74) is -0.574. The molecule has 2 aliphatic heterocycles. The Bertz CT molecular complexity index is 1170. The maximum atomic E-state index is 13.9.